The maximum Gasteiger partial charge on any atom is 0.0610 e. The summed E-state index contributed by atoms with van der Waals surface area (Å²) < 4.78 is 0. The van der Waals surface area contributed by atoms with Gasteiger partial charge in [0.25, 0.3) is 0 Å². The SMILES string of the molecule is c1cc2c(c(N3CCC4(CCCC4)CC3)c1)NCCC2. The number of aryl methyl sites for hydroxylation is 1. The highest BCUT2D eigenvalue weighted by molar-refractivity contribution is 5.74. The van der Waals surface area contributed by atoms with E-state index in [9.17, 15) is 0 Å². The average molecular weight is 270 g/mol. The third-order valence-corrected chi connectivity index (χ3v) is 5.88. The fourth-order valence-electron chi connectivity index (χ4n) is 4.60. The Labute approximate surface area is 122 Å². The van der Waals surface area contributed by atoms with Gasteiger partial charge in [0.1, 0.15) is 0 Å². The van der Waals surface area contributed by atoms with Gasteiger partial charge in [-0.25, -0.2) is 0 Å². The van der Waals surface area contributed by atoms with Crippen molar-refractivity contribution in [3.63, 3.8) is 0 Å². The van der Waals surface area contributed by atoms with Crippen molar-refractivity contribution in [3.8, 4) is 0 Å². The minimum Gasteiger partial charge on any atom is -0.383 e. The molecule has 20 heavy (non-hydrogen) atoms. The average Bonchev–Trinajstić information content (AvgIpc) is 2.96. The van der Waals surface area contributed by atoms with Crippen LogP contribution in [0.3, 0.4) is 0 Å². The second-order valence-corrected chi connectivity index (χ2v) is 7.04. The molecule has 1 spiro atoms. The zero-order valence-electron chi connectivity index (χ0n) is 12.5. The number of benzene rings is 1. The Balaban J connectivity index is 1.54. The molecule has 0 radical (unpaired) electrons. The molecule has 0 unspecified atom stereocenters. The zero-order chi connectivity index (χ0) is 13.4. The van der Waals surface area contributed by atoms with Gasteiger partial charge < -0.3 is 10.2 Å². The van der Waals surface area contributed by atoms with Crippen molar-refractivity contribution in [1.29, 1.82) is 0 Å². The van der Waals surface area contributed by atoms with Gasteiger partial charge in [-0.2, -0.15) is 0 Å². The molecule has 4 rings (SSSR count). The van der Waals surface area contributed by atoms with Gasteiger partial charge in [0, 0.05) is 19.6 Å². The van der Waals surface area contributed by atoms with Crippen LogP contribution in [0.25, 0.3) is 0 Å². The number of hydrogen-bond acceptors (Lipinski definition) is 2. The predicted octanol–water partition coefficient (Wildman–Crippen LogP) is 4.21. The van der Waals surface area contributed by atoms with E-state index in [2.05, 4.69) is 28.4 Å². The van der Waals surface area contributed by atoms with Crippen molar-refractivity contribution in [3.05, 3.63) is 23.8 Å². The molecule has 0 aromatic heterocycles. The van der Waals surface area contributed by atoms with E-state index >= 15 is 0 Å². The highest BCUT2D eigenvalue weighted by Gasteiger charge is 2.37. The monoisotopic (exact) mass is 270 g/mol. The van der Waals surface area contributed by atoms with Crippen LogP contribution in [0.4, 0.5) is 11.4 Å². The van der Waals surface area contributed by atoms with Crippen LogP contribution < -0.4 is 10.2 Å². The van der Waals surface area contributed by atoms with Crippen molar-refractivity contribution in [2.75, 3.05) is 29.9 Å². The number of rotatable bonds is 1. The molecule has 0 atom stereocenters. The van der Waals surface area contributed by atoms with E-state index in [1.807, 2.05) is 0 Å². The Morgan fingerprint density at radius 3 is 2.55 bits per heavy atom. The van der Waals surface area contributed by atoms with Crippen LogP contribution in [-0.2, 0) is 6.42 Å². The number of anilines is 2. The summed E-state index contributed by atoms with van der Waals surface area (Å²) in [6.45, 7) is 3.66. The largest absolute Gasteiger partial charge is 0.383 e. The van der Waals surface area contributed by atoms with Crippen molar-refractivity contribution in [1.82, 2.24) is 0 Å². The van der Waals surface area contributed by atoms with Gasteiger partial charge in [0.05, 0.1) is 11.4 Å². The third-order valence-electron chi connectivity index (χ3n) is 5.88. The lowest BCUT2D eigenvalue weighted by molar-refractivity contribution is 0.226. The van der Waals surface area contributed by atoms with E-state index in [0.29, 0.717) is 0 Å². The first-order valence-corrected chi connectivity index (χ1v) is 8.47. The van der Waals surface area contributed by atoms with E-state index in [1.54, 1.807) is 0 Å². The van der Waals surface area contributed by atoms with Crippen LogP contribution in [0, 0.1) is 5.41 Å². The molecule has 1 N–H and O–H groups in total. The molecule has 1 aromatic rings. The van der Waals surface area contributed by atoms with Crippen LogP contribution in [0.1, 0.15) is 50.5 Å². The second-order valence-electron chi connectivity index (χ2n) is 7.04. The molecule has 1 saturated heterocycles. The fraction of sp³-hybridized carbons (Fsp3) is 0.667. The van der Waals surface area contributed by atoms with E-state index in [-0.39, 0.29) is 0 Å². The van der Waals surface area contributed by atoms with Crippen LogP contribution in [0.5, 0.6) is 0 Å². The summed E-state index contributed by atoms with van der Waals surface area (Å²) in [6, 6.07) is 6.87. The molecule has 0 bridgehead atoms. The summed E-state index contributed by atoms with van der Waals surface area (Å²) in [5, 5.41) is 3.65. The molecular formula is C18H26N2. The van der Waals surface area contributed by atoms with E-state index in [0.717, 1.165) is 12.0 Å². The standard InChI is InChI=1S/C18H26N2/c1-2-9-18(8-1)10-13-20(14-11-18)16-7-3-5-15-6-4-12-19-17(15)16/h3,5,7,19H,1-2,4,6,8-14H2. The van der Waals surface area contributed by atoms with Crippen LogP contribution in [0.15, 0.2) is 18.2 Å². The Morgan fingerprint density at radius 2 is 1.75 bits per heavy atom. The smallest absolute Gasteiger partial charge is 0.0610 e. The Morgan fingerprint density at radius 1 is 0.950 bits per heavy atom. The lowest BCUT2D eigenvalue weighted by Gasteiger charge is -2.41. The first-order valence-electron chi connectivity index (χ1n) is 8.47. The molecule has 2 nitrogen and oxygen atoms in total. The summed E-state index contributed by atoms with van der Waals surface area (Å²) in [4.78, 5) is 2.64. The Bertz CT molecular complexity index is 478. The molecule has 2 heteroatoms. The van der Waals surface area contributed by atoms with Crippen molar-refractivity contribution in [2.24, 2.45) is 5.41 Å². The van der Waals surface area contributed by atoms with Gasteiger partial charge in [0.2, 0.25) is 0 Å². The number of fused-ring (bicyclic) bond motifs is 1. The molecule has 1 saturated carbocycles. The molecule has 2 fully saturated rings. The Hall–Kier alpha value is -1.18. The quantitative estimate of drug-likeness (QED) is 0.822. The summed E-state index contributed by atoms with van der Waals surface area (Å²) in [6.07, 6.45) is 11.3. The van der Waals surface area contributed by atoms with Crippen molar-refractivity contribution < 1.29 is 0 Å². The summed E-state index contributed by atoms with van der Waals surface area (Å²) in [5.41, 5.74) is 5.14. The maximum atomic E-state index is 3.65. The first-order chi connectivity index (χ1) is 9.86. The van der Waals surface area contributed by atoms with Gasteiger partial charge in [-0.1, -0.05) is 25.0 Å². The highest BCUT2D eigenvalue weighted by atomic mass is 15.2. The summed E-state index contributed by atoms with van der Waals surface area (Å²) >= 11 is 0. The molecule has 2 aliphatic heterocycles. The maximum absolute atomic E-state index is 3.65. The van der Waals surface area contributed by atoms with Crippen molar-refractivity contribution in [2.45, 2.75) is 51.4 Å². The lowest BCUT2D eigenvalue weighted by atomic mass is 9.77. The van der Waals surface area contributed by atoms with E-state index < -0.39 is 0 Å². The van der Waals surface area contributed by atoms with Gasteiger partial charge in [0.15, 0.2) is 0 Å². The molecule has 3 aliphatic rings. The zero-order valence-corrected chi connectivity index (χ0v) is 12.5. The van der Waals surface area contributed by atoms with Crippen LogP contribution in [0.2, 0.25) is 0 Å². The first kappa shape index (κ1) is 12.6. The van der Waals surface area contributed by atoms with Gasteiger partial charge in [-0.3, -0.25) is 0 Å². The number of nitrogens with one attached hydrogen (secondary N) is 1. The summed E-state index contributed by atoms with van der Waals surface area (Å²) in [7, 11) is 0. The number of nitrogens with zero attached hydrogens (tertiary/aromatic N) is 1. The molecule has 108 valence electrons. The fourth-order valence-corrected chi connectivity index (χ4v) is 4.60. The molecular weight excluding hydrogens is 244 g/mol. The van der Waals surface area contributed by atoms with E-state index in [1.165, 1.54) is 81.4 Å². The number of para-hydroxylation sites is 1. The lowest BCUT2D eigenvalue weighted by Crippen LogP contribution is -2.39. The third kappa shape index (κ3) is 2.10. The normalized spacial score (nSPS) is 24.5. The molecule has 2 heterocycles. The Kier molecular flexibility index (Phi) is 3.13. The minimum absolute atomic E-state index is 0.721. The van der Waals surface area contributed by atoms with E-state index in [4.69, 9.17) is 0 Å². The molecule has 0 amide bonds. The highest BCUT2D eigenvalue weighted by Crippen LogP contribution is 2.47. The second kappa shape index (κ2) is 4.98. The van der Waals surface area contributed by atoms with Gasteiger partial charge >= 0.3 is 0 Å². The predicted molar refractivity (Wildman–Crippen MR) is 85.6 cm³/mol. The topological polar surface area (TPSA) is 15.3 Å². The van der Waals surface area contributed by atoms with Gasteiger partial charge in [-0.15, -0.1) is 0 Å². The van der Waals surface area contributed by atoms with Crippen molar-refractivity contribution >= 4 is 11.4 Å². The minimum atomic E-state index is 0.721. The number of hydrogen-bond donors (Lipinski definition) is 1. The van der Waals surface area contributed by atoms with Gasteiger partial charge in [-0.05, 0) is 55.6 Å². The van der Waals surface area contributed by atoms with Crippen LogP contribution in [-0.4, -0.2) is 19.6 Å². The van der Waals surface area contributed by atoms with Crippen LogP contribution >= 0.6 is 0 Å². The number of piperidine rings is 1. The summed E-state index contributed by atoms with van der Waals surface area (Å²) in [5.74, 6) is 0. The molecule has 1 aromatic carbocycles. The molecule has 1 aliphatic carbocycles.